The van der Waals surface area contributed by atoms with Crippen LogP contribution in [-0.2, 0) is 0 Å². The molecule has 7 heteroatoms. The Morgan fingerprint density at radius 3 is 2.26 bits per heavy atom. The van der Waals surface area contributed by atoms with Crippen LogP contribution in [0.5, 0.6) is 11.5 Å². The second-order valence-electron chi connectivity index (χ2n) is 4.45. The molecule has 5 nitrogen and oxygen atoms in total. The van der Waals surface area contributed by atoms with Crippen LogP contribution in [0.3, 0.4) is 0 Å². The summed E-state index contributed by atoms with van der Waals surface area (Å²) in [5.74, 6) is 0.694. The number of nitrogens with zero attached hydrogens (tertiary/aromatic N) is 1. The van der Waals surface area contributed by atoms with Crippen molar-refractivity contribution in [2.24, 2.45) is 0 Å². The Hall–Kier alpha value is -1.92. The molecule has 0 heterocycles. The van der Waals surface area contributed by atoms with E-state index < -0.39 is 4.92 Å². The van der Waals surface area contributed by atoms with Crippen molar-refractivity contribution >= 4 is 29.1 Å². The van der Waals surface area contributed by atoms with E-state index in [9.17, 15) is 10.1 Å². The maximum atomic E-state index is 11.2. The Bertz CT molecular complexity index is 691. The molecule has 2 aromatic carbocycles. The van der Waals surface area contributed by atoms with Gasteiger partial charge in [-0.1, -0.05) is 23.4 Å². The molecule has 2 aromatic rings. The number of halogens is 1. The number of ether oxygens (including phenoxy) is 2. The van der Waals surface area contributed by atoms with E-state index in [1.54, 1.807) is 25.1 Å². The van der Waals surface area contributed by atoms with E-state index in [0.717, 1.165) is 9.79 Å². The molecule has 0 saturated carbocycles. The highest BCUT2D eigenvalue weighted by atomic mass is 35.5. The van der Waals surface area contributed by atoms with E-state index >= 15 is 0 Å². The molecule has 0 radical (unpaired) electrons. The van der Waals surface area contributed by atoms with Gasteiger partial charge in [0.15, 0.2) is 5.75 Å². The van der Waals surface area contributed by atoms with Crippen molar-refractivity contribution in [2.45, 2.75) is 23.6 Å². The summed E-state index contributed by atoms with van der Waals surface area (Å²) in [5.41, 5.74) is -0.101. The molecule has 122 valence electrons. The van der Waals surface area contributed by atoms with Gasteiger partial charge in [0, 0.05) is 16.0 Å². The molecule has 0 aliphatic heterocycles. The van der Waals surface area contributed by atoms with Gasteiger partial charge in [-0.15, -0.1) is 0 Å². The van der Waals surface area contributed by atoms with Gasteiger partial charge in [0.25, 0.3) is 0 Å². The smallest absolute Gasteiger partial charge is 0.314 e. The van der Waals surface area contributed by atoms with Gasteiger partial charge in [0.05, 0.1) is 29.1 Å². The monoisotopic (exact) mass is 353 g/mol. The van der Waals surface area contributed by atoms with Crippen molar-refractivity contribution in [2.75, 3.05) is 13.2 Å². The zero-order chi connectivity index (χ0) is 16.8. The zero-order valence-corrected chi connectivity index (χ0v) is 14.3. The highest BCUT2D eigenvalue weighted by Gasteiger charge is 2.21. The number of nitro groups is 1. The largest absolute Gasteiger partial charge is 0.492 e. The Kier molecular flexibility index (Phi) is 6.12. The van der Waals surface area contributed by atoms with E-state index in [0.29, 0.717) is 24.0 Å². The van der Waals surface area contributed by atoms with E-state index in [4.69, 9.17) is 21.1 Å². The second kappa shape index (κ2) is 8.08. The Morgan fingerprint density at radius 2 is 1.70 bits per heavy atom. The first-order valence-corrected chi connectivity index (χ1v) is 8.26. The molecule has 0 aromatic heterocycles. The first-order chi connectivity index (χ1) is 11.0. The summed E-state index contributed by atoms with van der Waals surface area (Å²) in [4.78, 5) is 12.4. The van der Waals surface area contributed by atoms with Gasteiger partial charge in [0.1, 0.15) is 5.75 Å². The summed E-state index contributed by atoms with van der Waals surface area (Å²) < 4.78 is 10.9. The third-order valence-electron chi connectivity index (χ3n) is 2.86. The third-order valence-corrected chi connectivity index (χ3v) is 4.16. The van der Waals surface area contributed by atoms with Crippen molar-refractivity contribution in [1.82, 2.24) is 0 Å². The van der Waals surface area contributed by atoms with Crippen LogP contribution >= 0.6 is 23.4 Å². The first-order valence-electron chi connectivity index (χ1n) is 7.06. The second-order valence-corrected chi connectivity index (χ2v) is 6.00. The van der Waals surface area contributed by atoms with Gasteiger partial charge < -0.3 is 9.47 Å². The fraction of sp³-hybridized carbons (Fsp3) is 0.250. The molecule has 0 aliphatic rings. The number of hydrogen-bond donors (Lipinski definition) is 0. The SMILES string of the molecule is CCOc1cc([N+](=O)[O-])c(OCC)cc1Sc1ccc(Cl)cc1. The highest BCUT2D eigenvalue weighted by Crippen LogP contribution is 2.42. The first kappa shape index (κ1) is 17.4. The number of benzene rings is 2. The number of nitro benzene ring substituents is 1. The fourth-order valence-corrected chi connectivity index (χ4v) is 2.96. The lowest BCUT2D eigenvalue weighted by Gasteiger charge is -2.13. The maximum absolute atomic E-state index is 11.2. The van der Waals surface area contributed by atoms with Crippen molar-refractivity contribution in [3.8, 4) is 11.5 Å². The molecule has 0 fully saturated rings. The molecule has 0 unspecified atom stereocenters. The van der Waals surface area contributed by atoms with Crippen LogP contribution in [0.4, 0.5) is 5.69 Å². The van der Waals surface area contributed by atoms with Crippen LogP contribution in [0.15, 0.2) is 46.2 Å². The van der Waals surface area contributed by atoms with Gasteiger partial charge in [-0.2, -0.15) is 0 Å². The Labute approximate surface area is 143 Å². The summed E-state index contributed by atoms with van der Waals surface area (Å²) in [6, 6.07) is 10.4. The fourth-order valence-electron chi connectivity index (χ4n) is 1.92. The maximum Gasteiger partial charge on any atom is 0.314 e. The molecule has 0 aliphatic carbocycles. The third kappa shape index (κ3) is 4.53. The molecule has 0 bridgehead atoms. The zero-order valence-electron chi connectivity index (χ0n) is 12.7. The highest BCUT2D eigenvalue weighted by molar-refractivity contribution is 7.99. The molecule has 23 heavy (non-hydrogen) atoms. The van der Waals surface area contributed by atoms with Crippen molar-refractivity contribution in [1.29, 1.82) is 0 Å². The molecular weight excluding hydrogens is 338 g/mol. The van der Waals surface area contributed by atoms with E-state index in [-0.39, 0.29) is 11.4 Å². The standard InChI is InChI=1S/C16H16ClNO4S/c1-3-21-14-10-16(23-12-7-5-11(17)6-8-12)15(22-4-2)9-13(14)18(19)20/h5-10H,3-4H2,1-2H3. The van der Waals surface area contributed by atoms with E-state index in [1.807, 2.05) is 19.1 Å². The Balaban J connectivity index is 2.44. The van der Waals surface area contributed by atoms with Crippen LogP contribution in [-0.4, -0.2) is 18.1 Å². The van der Waals surface area contributed by atoms with Gasteiger partial charge >= 0.3 is 5.69 Å². The summed E-state index contributed by atoms with van der Waals surface area (Å²) in [7, 11) is 0. The van der Waals surface area contributed by atoms with E-state index in [1.165, 1.54) is 17.8 Å². The van der Waals surface area contributed by atoms with Crippen LogP contribution in [0.2, 0.25) is 5.02 Å². The van der Waals surface area contributed by atoms with Gasteiger partial charge in [-0.05, 0) is 38.1 Å². The van der Waals surface area contributed by atoms with Crippen LogP contribution in [0.1, 0.15) is 13.8 Å². The van der Waals surface area contributed by atoms with Gasteiger partial charge in [-0.25, -0.2) is 0 Å². The normalized spacial score (nSPS) is 10.4. The lowest BCUT2D eigenvalue weighted by atomic mass is 10.2. The van der Waals surface area contributed by atoms with Crippen molar-refractivity contribution < 1.29 is 14.4 Å². The minimum Gasteiger partial charge on any atom is -0.492 e. The molecule has 0 saturated heterocycles. The lowest BCUT2D eigenvalue weighted by Crippen LogP contribution is -2.00. The molecule has 0 atom stereocenters. The summed E-state index contributed by atoms with van der Waals surface area (Å²) >= 11 is 7.33. The summed E-state index contributed by atoms with van der Waals surface area (Å²) in [6.45, 7) is 4.38. The molecular formula is C16H16ClNO4S. The topological polar surface area (TPSA) is 61.6 Å². The average molecular weight is 354 g/mol. The summed E-state index contributed by atoms with van der Waals surface area (Å²) in [5, 5.41) is 11.9. The predicted octanol–water partition coefficient (Wildman–Crippen LogP) is 5.20. The summed E-state index contributed by atoms with van der Waals surface area (Å²) in [6.07, 6.45) is 0. The minimum absolute atomic E-state index is 0.101. The van der Waals surface area contributed by atoms with Crippen molar-refractivity contribution in [3.63, 3.8) is 0 Å². The molecule has 2 rings (SSSR count). The van der Waals surface area contributed by atoms with Crippen LogP contribution < -0.4 is 9.47 Å². The Morgan fingerprint density at radius 1 is 1.09 bits per heavy atom. The van der Waals surface area contributed by atoms with Crippen molar-refractivity contribution in [3.05, 3.63) is 51.5 Å². The predicted molar refractivity (Wildman–Crippen MR) is 91.0 cm³/mol. The quantitative estimate of drug-likeness (QED) is 0.506. The number of rotatable bonds is 7. The number of hydrogen-bond acceptors (Lipinski definition) is 5. The average Bonchev–Trinajstić information content (AvgIpc) is 2.52. The van der Waals surface area contributed by atoms with Crippen LogP contribution in [0, 0.1) is 10.1 Å². The minimum atomic E-state index is -0.468. The molecule has 0 N–H and O–H groups in total. The van der Waals surface area contributed by atoms with Gasteiger partial charge in [-0.3, -0.25) is 10.1 Å². The molecule has 0 spiro atoms. The van der Waals surface area contributed by atoms with E-state index in [2.05, 4.69) is 0 Å². The van der Waals surface area contributed by atoms with Crippen LogP contribution in [0.25, 0.3) is 0 Å². The van der Waals surface area contributed by atoms with Gasteiger partial charge in [0.2, 0.25) is 0 Å². The lowest BCUT2D eigenvalue weighted by molar-refractivity contribution is -0.386. The molecule has 0 amide bonds.